The first-order valence-corrected chi connectivity index (χ1v) is 8.46. The van der Waals surface area contributed by atoms with Gasteiger partial charge in [0, 0.05) is 20.5 Å². The van der Waals surface area contributed by atoms with E-state index in [0.717, 1.165) is 14.2 Å². The fourth-order valence-corrected chi connectivity index (χ4v) is 5.19. The lowest BCUT2D eigenvalue weighted by atomic mass is 10.4. The number of rotatable bonds is 3. The highest BCUT2D eigenvalue weighted by molar-refractivity contribution is 9.10. The Kier molecular flexibility index (Phi) is 4.20. The SMILES string of the molecule is Cc1sc(C(Br)CS(C)(=O)=O)cc1Br. The van der Waals surface area contributed by atoms with Gasteiger partial charge in [0.25, 0.3) is 0 Å². The summed E-state index contributed by atoms with van der Waals surface area (Å²) in [5.74, 6) is 0.138. The van der Waals surface area contributed by atoms with Gasteiger partial charge in [-0.1, -0.05) is 15.9 Å². The lowest BCUT2D eigenvalue weighted by Crippen LogP contribution is -2.07. The minimum absolute atomic E-state index is 0.104. The average molecular weight is 362 g/mol. The van der Waals surface area contributed by atoms with E-state index in [1.54, 1.807) is 11.3 Å². The van der Waals surface area contributed by atoms with Crippen LogP contribution in [0.25, 0.3) is 0 Å². The molecule has 1 aromatic rings. The molecular weight excluding hydrogens is 352 g/mol. The summed E-state index contributed by atoms with van der Waals surface area (Å²) in [6, 6.07) is 1.96. The second-order valence-electron chi connectivity index (χ2n) is 3.11. The number of aryl methyl sites for hydroxylation is 1. The largest absolute Gasteiger partial charge is 0.229 e. The van der Waals surface area contributed by atoms with Crippen LogP contribution in [0.15, 0.2) is 10.5 Å². The van der Waals surface area contributed by atoms with E-state index in [9.17, 15) is 8.42 Å². The summed E-state index contributed by atoms with van der Waals surface area (Å²) >= 11 is 8.39. The van der Waals surface area contributed by atoms with Gasteiger partial charge in [-0.2, -0.15) is 0 Å². The van der Waals surface area contributed by atoms with Gasteiger partial charge < -0.3 is 0 Å². The standard InChI is InChI=1S/C8H10Br2O2S2/c1-5-6(9)3-8(13-5)7(10)4-14(2,11)12/h3,7H,4H2,1-2H3. The molecule has 2 nitrogen and oxygen atoms in total. The van der Waals surface area contributed by atoms with Crippen molar-refractivity contribution in [1.29, 1.82) is 0 Å². The van der Waals surface area contributed by atoms with Gasteiger partial charge in [-0.15, -0.1) is 11.3 Å². The number of hydrogen-bond donors (Lipinski definition) is 0. The molecule has 1 unspecified atom stereocenters. The van der Waals surface area contributed by atoms with Crippen LogP contribution in [-0.2, 0) is 9.84 Å². The Hall–Kier alpha value is 0.610. The first-order valence-electron chi connectivity index (χ1n) is 3.87. The van der Waals surface area contributed by atoms with Crippen LogP contribution in [0.3, 0.4) is 0 Å². The summed E-state index contributed by atoms with van der Waals surface area (Å²) in [6.07, 6.45) is 1.25. The molecule has 0 fully saturated rings. The maximum absolute atomic E-state index is 11.1. The highest BCUT2D eigenvalue weighted by atomic mass is 79.9. The van der Waals surface area contributed by atoms with E-state index in [4.69, 9.17) is 0 Å². The van der Waals surface area contributed by atoms with Gasteiger partial charge in [-0.3, -0.25) is 0 Å². The number of sulfone groups is 1. The summed E-state index contributed by atoms with van der Waals surface area (Å²) in [6.45, 7) is 2.00. The zero-order valence-corrected chi connectivity index (χ0v) is 12.6. The third-order valence-corrected chi connectivity index (χ3v) is 6.37. The van der Waals surface area contributed by atoms with Gasteiger partial charge in [0.15, 0.2) is 0 Å². The minimum atomic E-state index is -2.93. The predicted octanol–water partition coefficient (Wildman–Crippen LogP) is 3.30. The molecule has 0 saturated carbocycles. The predicted molar refractivity (Wildman–Crippen MR) is 68.1 cm³/mol. The van der Waals surface area contributed by atoms with Gasteiger partial charge >= 0.3 is 0 Å². The lowest BCUT2D eigenvalue weighted by Gasteiger charge is -2.04. The fourth-order valence-electron chi connectivity index (χ4n) is 0.984. The van der Waals surface area contributed by atoms with Crippen molar-refractivity contribution in [1.82, 2.24) is 0 Å². The molecule has 0 aliphatic carbocycles. The normalized spacial score (nSPS) is 14.3. The molecule has 1 rings (SSSR count). The van der Waals surface area contributed by atoms with E-state index in [1.807, 2.05) is 13.0 Å². The Morgan fingerprint density at radius 3 is 2.50 bits per heavy atom. The van der Waals surface area contributed by atoms with Gasteiger partial charge in [-0.05, 0) is 28.9 Å². The molecule has 14 heavy (non-hydrogen) atoms. The van der Waals surface area contributed by atoms with Crippen molar-refractivity contribution in [2.24, 2.45) is 0 Å². The molecule has 0 bridgehead atoms. The van der Waals surface area contributed by atoms with Crippen LogP contribution in [0, 0.1) is 6.92 Å². The van der Waals surface area contributed by atoms with Crippen molar-refractivity contribution < 1.29 is 8.42 Å². The van der Waals surface area contributed by atoms with E-state index < -0.39 is 9.84 Å². The van der Waals surface area contributed by atoms with Crippen LogP contribution in [0.1, 0.15) is 14.6 Å². The first kappa shape index (κ1) is 12.7. The van der Waals surface area contributed by atoms with Crippen LogP contribution in [0.2, 0.25) is 0 Å². The topological polar surface area (TPSA) is 34.1 Å². The summed E-state index contributed by atoms with van der Waals surface area (Å²) in [5, 5.41) is 0. The van der Waals surface area contributed by atoms with E-state index in [1.165, 1.54) is 6.26 Å². The first-order chi connectivity index (χ1) is 6.29. The third-order valence-electron chi connectivity index (χ3n) is 1.63. The van der Waals surface area contributed by atoms with E-state index in [0.29, 0.717) is 0 Å². The molecule has 0 spiro atoms. The molecule has 0 aliphatic rings. The maximum atomic E-state index is 11.1. The van der Waals surface area contributed by atoms with Gasteiger partial charge in [0.1, 0.15) is 9.84 Å². The molecule has 1 heterocycles. The van der Waals surface area contributed by atoms with Crippen LogP contribution < -0.4 is 0 Å². The van der Waals surface area contributed by atoms with Crippen molar-refractivity contribution in [2.45, 2.75) is 11.8 Å². The Morgan fingerprint density at radius 1 is 1.57 bits per heavy atom. The Balaban J connectivity index is 2.85. The molecule has 80 valence electrons. The highest BCUT2D eigenvalue weighted by Crippen LogP contribution is 2.35. The van der Waals surface area contributed by atoms with E-state index >= 15 is 0 Å². The van der Waals surface area contributed by atoms with E-state index in [-0.39, 0.29) is 10.6 Å². The smallest absolute Gasteiger partial charge is 0.148 e. The van der Waals surface area contributed by atoms with Crippen molar-refractivity contribution in [3.05, 3.63) is 20.3 Å². The number of hydrogen-bond acceptors (Lipinski definition) is 3. The zero-order valence-electron chi connectivity index (χ0n) is 7.75. The van der Waals surface area contributed by atoms with Crippen molar-refractivity contribution in [3.8, 4) is 0 Å². The van der Waals surface area contributed by atoms with Crippen LogP contribution in [-0.4, -0.2) is 20.4 Å². The molecule has 0 amide bonds. The molecule has 0 aliphatic heterocycles. The summed E-state index contributed by atoms with van der Waals surface area (Å²) in [4.78, 5) is 2.10. The molecule has 1 aromatic heterocycles. The Bertz CT molecular complexity index is 403. The molecular formula is C8H10Br2O2S2. The van der Waals surface area contributed by atoms with Crippen molar-refractivity contribution in [2.75, 3.05) is 12.0 Å². The zero-order chi connectivity index (χ0) is 10.9. The fraction of sp³-hybridized carbons (Fsp3) is 0.500. The molecule has 6 heteroatoms. The maximum Gasteiger partial charge on any atom is 0.148 e. The molecule has 1 atom stereocenters. The highest BCUT2D eigenvalue weighted by Gasteiger charge is 2.17. The quantitative estimate of drug-likeness (QED) is 0.774. The second kappa shape index (κ2) is 4.63. The molecule has 0 aromatic carbocycles. The Morgan fingerprint density at radius 2 is 2.14 bits per heavy atom. The monoisotopic (exact) mass is 360 g/mol. The molecule has 0 radical (unpaired) electrons. The summed E-state index contributed by atoms with van der Waals surface area (Å²) in [7, 11) is -2.93. The lowest BCUT2D eigenvalue weighted by molar-refractivity contribution is 0.601. The van der Waals surface area contributed by atoms with Crippen LogP contribution in [0.4, 0.5) is 0 Å². The van der Waals surface area contributed by atoms with E-state index in [2.05, 4.69) is 31.9 Å². The minimum Gasteiger partial charge on any atom is -0.229 e. The van der Waals surface area contributed by atoms with Crippen molar-refractivity contribution >= 4 is 53.0 Å². The second-order valence-corrected chi connectivity index (χ2v) is 8.55. The third kappa shape index (κ3) is 3.64. The van der Waals surface area contributed by atoms with Crippen LogP contribution in [0.5, 0.6) is 0 Å². The number of halogens is 2. The van der Waals surface area contributed by atoms with Crippen molar-refractivity contribution in [3.63, 3.8) is 0 Å². The van der Waals surface area contributed by atoms with Gasteiger partial charge in [0.05, 0.1) is 10.6 Å². The molecule has 0 saturated heterocycles. The number of thiophene rings is 1. The number of alkyl halides is 1. The Labute approximate surface area is 105 Å². The van der Waals surface area contributed by atoms with Gasteiger partial charge in [0.2, 0.25) is 0 Å². The summed E-state index contributed by atoms with van der Waals surface area (Å²) in [5.41, 5.74) is 0. The van der Waals surface area contributed by atoms with Gasteiger partial charge in [-0.25, -0.2) is 8.42 Å². The van der Waals surface area contributed by atoms with Crippen LogP contribution >= 0.6 is 43.2 Å². The summed E-state index contributed by atoms with van der Waals surface area (Å²) < 4.78 is 23.2. The average Bonchev–Trinajstić information content (AvgIpc) is 2.28. The molecule has 0 N–H and O–H groups in total.